The van der Waals surface area contributed by atoms with Gasteiger partial charge in [0.15, 0.2) is 0 Å². The summed E-state index contributed by atoms with van der Waals surface area (Å²) < 4.78 is 5.67. The van der Waals surface area contributed by atoms with E-state index in [1.165, 1.54) is 6.42 Å². The van der Waals surface area contributed by atoms with Crippen molar-refractivity contribution in [3.8, 4) is 0 Å². The minimum Gasteiger partial charge on any atom is -0.403 e. The number of aromatic nitrogens is 1. The number of allylic oxidation sites excluding steroid dienone is 1. The molecule has 3 heterocycles. The maximum absolute atomic E-state index is 12.6. The van der Waals surface area contributed by atoms with E-state index < -0.39 is 0 Å². The number of benzene rings is 1. The van der Waals surface area contributed by atoms with Gasteiger partial charge in [-0.05, 0) is 58.3 Å². The lowest BCUT2D eigenvalue weighted by Crippen LogP contribution is -2.44. The van der Waals surface area contributed by atoms with Crippen molar-refractivity contribution in [2.75, 3.05) is 27.2 Å². The van der Waals surface area contributed by atoms with Gasteiger partial charge < -0.3 is 14.2 Å². The van der Waals surface area contributed by atoms with Crippen LogP contribution in [0.25, 0.3) is 16.5 Å². The van der Waals surface area contributed by atoms with Gasteiger partial charge in [-0.2, -0.15) is 0 Å². The molecule has 6 heteroatoms. The monoisotopic (exact) mass is 366 g/mol. The molecule has 1 saturated heterocycles. The molecule has 0 saturated carbocycles. The van der Waals surface area contributed by atoms with Crippen LogP contribution in [0.15, 0.2) is 38.2 Å². The van der Waals surface area contributed by atoms with Crippen molar-refractivity contribution in [2.24, 2.45) is 4.99 Å². The molecule has 1 atom stereocenters. The van der Waals surface area contributed by atoms with Gasteiger partial charge in [0.05, 0.1) is 16.5 Å². The maximum Gasteiger partial charge on any atom is 0.347 e. The van der Waals surface area contributed by atoms with Gasteiger partial charge >= 0.3 is 5.63 Å². The number of nitrogens with zero attached hydrogens (tertiary/aromatic N) is 4. The van der Waals surface area contributed by atoms with Crippen LogP contribution in [0, 0.1) is 6.92 Å². The maximum atomic E-state index is 12.6. The second kappa shape index (κ2) is 7.27. The number of likely N-dealkylation sites (tertiary alicyclic amines) is 1. The van der Waals surface area contributed by atoms with Gasteiger partial charge in [-0.1, -0.05) is 12.1 Å². The Morgan fingerprint density at radius 1 is 1.30 bits per heavy atom. The Labute approximate surface area is 159 Å². The van der Waals surface area contributed by atoms with Gasteiger partial charge in [0.2, 0.25) is 5.89 Å². The first kappa shape index (κ1) is 17.9. The van der Waals surface area contributed by atoms with E-state index in [1.54, 1.807) is 0 Å². The highest BCUT2D eigenvalue weighted by molar-refractivity contribution is 5.82. The summed E-state index contributed by atoms with van der Waals surface area (Å²) in [6.07, 6.45) is 5.90. The van der Waals surface area contributed by atoms with Crippen LogP contribution in [0.5, 0.6) is 0 Å². The van der Waals surface area contributed by atoms with E-state index in [4.69, 9.17) is 9.41 Å². The normalized spacial score (nSPS) is 20.7. The van der Waals surface area contributed by atoms with Crippen LogP contribution in [0.3, 0.4) is 0 Å². The standard InChI is InChI=1S/C21H26N4O2/c1-14-7-4-10-17-18(14)21(26)27-20(23-17)16-9-5-11-22-19(16)25-12-6-8-15(13-25)24(2)3/h4,7,10-11,15H,5-6,8-9,12-13H2,1-3H3. The summed E-state index contributed by atoms with van der Waals surface area (Å²) in [4.78, 5) is 26.6. The summed E-state index contributed by atoms with van der Waals surface area (Å²) in [5, 5.41) is 0.563. The first-order valence-electron chi connectivity index (χ1n) is 9.62. The number of hydrogen-bond donors (Lipinski definition) is 0. The number of likely N-dealkylation sites (N-methyl/N-ethyl adjacent to an activating group) is 1. The second-order valence-electron chi connectivity index (χ2n) is 7.63. The van der Waals surface area contributed by atoms with Gasteiger partial charge in [-0.3, -0.25) is 0 Å². The zero-order valence-electron chi connectivity index (χ0n) is 16.2. The van der Waals surface area contributed by atoms with Gasteiger partial charge in [0.1, 0.15) is 5.82 Å². The third-order valence-corrected chi connectivity index (χ3v) is 5.56. The summed E-state index contributed by atoms with van der Waals surface area (Å²) >= 11 is 0. The van der Waals surface area contributed by atoms with E-state index in [0.717, 1.165) is 49.3 Å². The minimum absolute atomic E-state index is 0.320. The van der Waals surface area contributed by atoms with Crippen LogP contribution in [0.4, 0.5) is 0 Å². The highest BCUT2D eigenvalue weighted by atomic mass is 16.4. The van der Waals surface area contributed by atoms with Crippen molar-refractivity contribution < 1.29 is 4.42 Å². The summed E-state index contributed by atoms with van der Waals surface area (Å²) in [7, 11) is 4.25. The molecule has 6 nitrogen and oxygen atoms in total. The van der Waals surface area contributed by atoms with E-state index in [0.29, 0.717) is 22.8 Å². The molecule has 2 aliphatic rings. The average Bonchev–Trinajstić information content (AvgIpc) is 2.68. The molecule has 1 fully saturated rings. The van der Waals surface area contributed by atoms with Crippen LogP contribution in [-0.4, -0.2) is 54.2 Å². The quantitative estimate of drug-likeness (QED) is 0.835. The predicted octanol–water partition coefficient (Wildman–Crippen LogP) is 3.06. The summed E-state index contributed by atoms with van der Waals surface area (Å²) in [6, 6.07) is 6.21. The molecular weight excluding hydrogens is 340 g/mol. The van der Waals surface area contributed by atoms with E-state index in [9.17, 15) is 4.79 Å². The number of hydrogen-bond acceptors (Lipinski definition) is 6. The van der Waals surface area contributed by atoms with Crippen LogP contribution in [0.2, 0.25) is 0 Å². The number of aryl methyl sites for hydroxylation is 1. The molecule has 1 aromatic carbocycles. The minimum atomic E-state index is -0.320. The first-order valence-corrected chi connectivity index (χ1v) is 9.62. The summed E-state index contributed by atoms with van der Waals surface area (Å²) in [5.41, 5.74) is 2.20. The van der Waals surface area contributed by atoms with Gasteiger partial charge in [0, 0.05) is 25.3 Å². The molecule has 2 aliphatic heterocycles. The Hall–Kier alpha value is -2.47. The lowest BCUT2D eigenvalue weighted by Gasteiger charge is -2.38. The Morgan fingerprint density at radius 2 is 2.15 bits per heavy atom. The number of aliphatic imine (C=N–C) groups is 1. The molecule has 1 unspecified atom stereocenters. The summed E-state index contributed by atoms with van der Waals surface area (Å²) in [6.45, 7) is 3.81. The molecule has 0 spiro atoms. The Balaban J connectivity index is 1.79. The lowest BCUT2D eigenvalue weighted by molar-refractivity contribution is 0.159. The molecule has 2 aromatic rings. The summed E-state index contributed by atoms with van der Waals surface area (Å²) in [5.74, 6) is 1.33. The zero-order valence-corrected chi connectivity index (χ0v) is 16.2. The average molecular weight is 366 g/mol. The fourth-order valence-corrected chi connectivity index (χ4v) is 4.00. The molecule has 142 valence electrons. The fourth-order valence-electron chi connectivity index (χ4n) is 4.00. The molecular formula is C21H26N4O2. The highest BCUT2D eigenvalue weighted by Gasteiger charge is 2.27. The van der Waals surface area contributed by atoms with Crippen molar-refractivity contribution >= 4 is 22.7 Å². The van der Waals surface area contributed by atoms with E-state index in [2.05, 4.69) is 28.9 Å². The second-order valence-corrected chi connectivity index (χ2v) is 7.63. The predicted molar refractivity (Wildman–Crippen MR) is 108 cm³/mol. The highest BCUT2D eigenvalue weighted by Crippen LogP contribution is 2.31. The van der Waals surface area contributed by atoms with Crippen LogP contribution < -0.4 is 5.63 Å². The number of rotatable bonds is 3. The van der Waals surface area contributed by atoms with E-state index in [1.807, 2.05) is 31.3 Å². The molecule has 0 radical (unpaired) electrons. The molecule has 4 rings (SSSR count). The molecule has 0 bridgehead atoms. The van der Waals surface area contributed by atoms with E-state index >= 15 is 0 Å². The smallest absolute Gasteiger partial charge is 0.347 e. The van der Waals surface area contributed by atoms with E-state index in [-0.39, 0.29) is 5.63 Å². The van der Waals surface area contributed by atoms with Crippen molar-refractivity contribution in [3.05, 3.63) is 45.9 Å². The van der Waals surface area contributed by atoms with Gasteiger partial charge in [0.25, 0.3) is 0 Å². The van der Waals surface area contributed by atoms with Crippen LogP contribution in [-0.2, 0) is 0 Å². The molecule has 27 heavy (non-hydrogen) atoms. The van der Waals surface area contributed by atoms with Crippen LogP contribution in [0.1, 0.15) is 37.1 Å². The third-order valence-electron chi connectivity index (χ3n) is 5.56. The van der Waals surface area contributed by atoms with Crippen molar-refractivity contribution in [1.82, 2.24) is 14.8 Å². The fraction of sp³-hybridized carbons (Fsp3) is 0.476. The Kier molecular flexibility index (Phi) is 4.83. The lowest BCUT2D eigenvalue weighted by atomic mass is 10.0. The first-order chi connectivity index (χ1) is 13.0. The largest absolute Gasteiger partial charge is 0.403 e. The van der Waals surface area contributed by atoms with Gasteiger partial charge in [-0.25, -0.2) is 14.8 Å². The number of fused-ring (bicyclic) bond motifs is 1. The SMILES string of the molecule is Cc1cccc2nc(C3=C(N4CCCC(N(C)C)C4)N=CCC3)oc(=O)c12. The Bertz CT molecular complexity index is 974. The van der Waals surface area contributed by atoms with Crippen LogP contribution >= 0.6 is 0 Å². The van der Waals surface area contributed by atoms with Crippen molar-refractivity contribution in [1.29, 1.82) is 0 Å². The Morgan fingerprint density at radius 3 is 2.96 bits per heavy atom. The molecule has 1 aromatic heterocycles. The molecule has 0 N–H and O–H groups in total. The zero-order chi connectivity index (χ0) is 19.0. The van der Waals surface area contributed by atoms with Gasteiger partial charge in [-0.15, -0.1) is 0 Å². The third kappa shape index (κ3) is 3.41. The molecule has 0 aliphatic carbocycles. The van der Waals surface area contributed by atoms with Crippen molar-refractivity contribution in [3.63, 3.8) is 0 Å². The topological polar surface area (TPSA) is 61.9 Å². The molecule has 0 amide bonds. The van der Waals surface area contributed by atoms with Crippen molar-refractivity contribution in [2.45, 2.75) is 38.6 Å². The number of piperidine rings is 1.